The third-order valence-corrected chi connectivity index (χ3v) is 16.2. The second-order valence-electron chi connectivity index (χ2n) is 26.5. The Morgan fingerprint density at radius 3 is 1.36 bits per heavy atom. The fraction of sp³-hybridized carbons (Fsp3) is 0.342. The molecule has 0 bridgehead atoms. The van der Waals surface area contributed by atoms with E-state index in [1.54, 1.807) is 102 Å². The van der Waals surface area contributed by atoms with Crippen LogP contribution in [0.5, 0.6) is 34.5 Å². The molecule has 528 valence electrons. The Labute approximate surface area is 587 Å². The number of ether oxygens (including phenoxy) is 6. The van der Waals surface area contributed by atoms with E-state index >= 15 is 0 Å². The largest absolute Gasteiger partial charge is 0.497 e. The van der Waals surface area contributed by atoms with Crippen LogP contribution in [0.3, 0.4) is 0 Å². The topological polar surface area (TPSA) is 300 Å². The first kappa shape index (κ1) is 72.2. The molecule has 101 heavy (non-hydrogen) atoms. The normalized spacial score (nSPS) is 14.2. The number of benzene rings is 4. The zero-order valence-corrected chi connectivity index (χ0v) is 58.7. The molecule has 2 aliphatic heterocycles. The first-order valence-electron chi connectivity index (χ1n) is 33.7. The van der Waals surface area contributed by atoms with E-state index in [9.17, 15) is 24.3 Å². The molecule has 0 radical (unpaired) electrons. The lowest BCUT2D eigenvalue weighted by atomic mass is 10.1. The van der Waals surface area contributed by atoms with Crippen molar-refractivity contribution in [3.05, 3.63) is 192 Å². The van der Waals surface area contributed by atoms with Crippen molar-refractivity contribution in [1.29, 1.82) is 0 Å². The number of aromatic nitrogens is 8. The number of nitrogens with two attached hydrogens (primary N) is 1. The lowest BCUT2D eigenvalue weighted by Gasteiger charge is -2.24. The van der Waals surface area contributed by atoms with E-state index in [1.807, 2.05) is 119 Å². The number of anilines is 4. The van der Waals surface area contributed by atoms with Crippen LogP contribution in [0.2, 0.25) is 0 Å². The highest BCUT2D eigenvalue weighted by Gasteiger charge is 2.33. The van der Waals surface area contributed by atoms with Crippen LogP contribution in [-0.2, 0) is 35.4 Å². The van der Waals surface area contributed by atoms with E-state index in [0.717, 1.165) is 66.7 Å². The number of rotatable bonds is 21. The Morgan fingerprint density at radius 1 is 0.525 bits per heavy atom. The molecule has 12 rings (SSSR count). The van der Waals surface area contributed by atoms with Crippen molar-refractivity contribution in [2.75, 3.05) is 62.1 Å². The van der Waals surface area contributed by atoms with Crippen LogP contribution in [0.4, 0.5) is 32.9 Å². The molecule has 6 N–H and O–H groups in total. The summed E-state index contributed by atoms with van der Waals surface area (Å²) in [5, 5.41) is 30.4. The van der Waals surface area contributed by atoms with Crippen molar-refractivity contribution >= 4 is 69.4 Å². The van der Waals surface area contributed by atoms with E-state index in [0.29, 0.717) is 113 Å². The van der Waals surface area contributed by atoms with Gasteiger partial charge in [-0.1, -0.05) is 51.0 Å². The summed E-state index contributed by atoms with van der Waals surface area (Å²) in [6.45, 7) is 18.4. The predicted molar refractivity (Wildman–Crippen MR) is 388 cm³/mol. The molecule has 25 nitrogen and oxygen atoms in total. The molecule has 4 aromatic carbocycles. The minimum atomic E-state index is -1.01. The number of pyridine rings is 4. The molecule has 0 spiro atoms. The summed E-state index contributed by atoms with van der Waals surface area (Å²) in [6.07, 6.45) is 11.8. The Morgan fingerprint density at radius 2 is 0.941 bits per heavy atom. The number of carbonyl (C=O) groups is 4. The molecule has 2 aliphatic rings. The zero-order chi connectivity index (χ0) is 71.8. The van der Waals surface area contributed by atoms with Gasteiger partial charge in [0.1, 0.15) is 68.1 Å². The van der Waals surface area contributed by atoms with Gasteiger partial charge in [0.25, 0.3) is 5.91 Å². The summed E-state index contributed by atoms with van der Waals surface area (Å²) in [7, 11) is 3.27. The molecule has 2 fully saturated rings. The Balaban J connectivity index is 0.000000194. The molecule has 6 aromatic heterocycles. The molecule has 0 unspecified atom stereocenters. The Hall–Kier alpha value is -11.5. The summed E-state index contributed by atoms with van der Waals surface area (Å²) in [6, 6.07) is 39.9. The number of carboxylic acid groups (broad SMARTS) is 1. The molecule has 0 saturated carbocycles. The minimum Gasteiger partial charge on any atom is -0.497 e. The van der Waals surface area contributed by atoms with Crippen molar-refractivity contribution in [2.24, 2.45) is 0 Å². The maximum absolute atomic E-state index is 13.0. The van der Waals surface area contributed by atoms with Crippen LogP contribution in [0.25, 0.3) is 22.1 Å². The van der Waals surface area contributed by atoms with Gasteiger partial charge in [0.2, 0.25) is 0 Å². The molecular formula is C76H88N14O11. The smallest absolute Gasteiger partial charge is 0.410 e. The zero-order valence-electron chi connectivity index (χ0n) is 58.7. The number of amides is 3. The number of nitrogen functional groups attached to an aromatic ring is 1. The highest BCUT2D eigenvalue weighted by atomic mass is 16.6. The van der Waals surface area contributed by atoms with E-state index in [4.69, 9.17) is 49.3 Å². The maximum atomic E-state index is 13.0. The van der Waals surface area contributed by atoms with Crippen molar-refractivity contribution in [3.8, 4) is 34.5 Å². The summed E-state index contributed by atoms with van der Waals surface area (Å²) >= 11 is 0. The first-order valence-corrected chi connectivity index (χ1v) is 33.7. The van der Waals surface area contributed by atoms with Gasteiger partial charge in [-0.05, 0) is 187 Å². The first-order chi connectivity index (χ1) is 48.5. The van der Waals surface area contributed by atoms with E-state index in [-0.39, 0.29) is 35.7 Å². The number of hydrogen-bond acceptors (Lipinski definition) is 19. The average molecular weight is 1370 g/mol. The predicted octanol–water partition coefficient (Wildman–Crippen LogP) is 14.3. The molecule has 8 heterocycles. The van der Waals surface area contributed by atoms with Crippen LogP contribution < -0.4 is 40.6 Å². The lowest BCUT2D eigenvalue weighted by molar-refractivity contribution is 0.0283. The Kier molecular flexibility index (Phi) is 23.5. The molecule has 2 atom stereocenters. The fourth-order valence-electron chi connectivity index (χ4n) is 11.4. The summed E-state index contributed by atoms with van der Waals surface area (Å²) in [4.78, 5) is 70.6. The summed E-state index contributed by atoms with van der Waals surface area (Å²) < 4.78 is 38.0. The number of likely N-dealkylation sites (tertiary alicyclic amines) is 2. The van der Waals surface area contributed by atoms with Crippen molar-refractivity contribution in [3.63, 3.8) is 0 Å². The molecule has 0 aliphatic carbocycles. The molecule has 2 saturated heterocycles. The van der Waals surface area contributed by atoms with Crippen LogP contribution in [0.1, 0.15) is 124 Å². The molecule has 3 amide bonds. The third-order valence-electron chi connectivity index (χ3n) is 16.2. The van der Waals surface area contributed by atoms with Crippen molar-refractivity contribution in [1.82, 2.24) is 49.3 Å². The molecular weight excluding hydrogens is 1280 g/mol. The lowest BCUT2D eigenvalue weighted by Crippen LogP contribution is -2.36. The van der Waals surface area contributed by atoms with E-state index in [1.165, 1.54) is 17.7 Å². The fourth-order valence-corrected chi connectivity index (χ4v) is 11.4. The SMILES string of the molecule is CCCc1ccnc(N)c1.CCCc1ccnc(NC(=O)c2ccc(Oc3ccnc4c3c(N[C@@H]3CCN(C(=O)OC(C)(C)C)C3)nn4Cc3ccc(OC)cc3)cc2)c1.COc1ccc(Cn2nc(N[C@@H]3CCN(C(=O)OC(C)(C)C)C3)c3c(Oc4ccc(C(=O)O)cc4)ccnc32)cc1. The standard InChI is InChI=1S/C38H43N7O5.C30H33N5O6.C8H12N2/c1-6-7-25-16-19-39-32(22-25)42-36(46)27-10-14-30(15-11-27)49-31-17-20-40-35-33(31)34(43-45(35)23-26-8-12-29(48-5)13-9-26)41-28-18-21-44(24-28)37(47)50-38(2,3)4;1-30(2,3)41-29(38)34-16-14-21(18-34)32-26-25-24(40-23-11-7-20(8-12-23)28(36)37)13-15-31-27(25)35(33-26)17-19-5-9-22(39-4)10-6-19;1-2-3-7-4-5-10-8(9)6-7/h8-17,19-20,22,28H,6-7,18,21,23-24H2,1-5H3,(H,41,43)(H,39,42,46);5-13,15,21H,14,16-18H2,1-4H3,(H,32,33)(H,36,37);4-6H,2-3H2,1H3,(H2,9,10)/t28-;21-;/m11./s1. The van der Waals surface area contributed by atoms with Crippen LogP contribution in [-0.4, -0.2) is 142 Å². The number of nitrogens with zero attached hydrogens (tertiary/aromatic N) is 10. The van der Waals surface area contributed by atoms with Crippen molar-refractivity contribution in [2.45, 2.75) is 130 Å². The monoisotopic (exact) mass is 1370 g/mol. The van der Waals surface area contributed by atoms with Gasteiger partial charge in [0.15, 0.2) is 22.9 Å². The van der Waals surface area contributed by atoms with Gasteiger partial charge >= 0.3 is 18.2 Å². The number of fused-ring (bicyclic) bond motifs is 2. The van der Waals surface area contributed by atoms with E-state index < -0.39 is 17.2 Å². The summed E-state index contributed by atoms with van der Waals surface area (Å²) in [5.41, 5.74) is 10.7. The number of aromatic carboxylic acids is 1. The average Bonchev–Trinajstić information content (AvgIpc) is 1.63. The second kappa shape index (κ2) is 32.9. The number of nitrogens with one attached hydrogen (secondary N) is 3. The van der Waals surface area contributed by atoms with Gasteiger partial charge in [0, 0.05) is 80.7 Å². The minimum absolute atomic E-state index is 0.0573. The van der Waals surface area contributed by atoms with Gasteiger partial charge in [-0.25, -0.2) is 43.7 Å². The van der Waals surface area contributed by atoms with Gasteiger partial charge in [-0.15, -0.1) is 0 Å². The third kappa shape index (κ3) is 19.9. The van der Waals surface area contributed by atoms with Crippen LogP contribution >= 0.6 is 0 Å². The highest BCUT2D eigenvalue weighted by molar-refractivity contribution is 6.04. The Bertz CT molecular complexity index is 4460. The number of methoxy groups -OCH3 is 2. The highest BCUT2D eigenvalue weighted by Crippen LogP contribution is 2.38. The van der Waals surface area contributed by atoms with Crippen molar-refractivity contribution < 1.29 is 52.7 Å². The number of carboxylic acids is 1. The second-order valence-corrected chi connectivity index (χ2v) is 26.5. The maximum Gasteiger partial charge on any atom is 0.410 e. The number of aryl methyl sites for hydroxylation is 2. The van der Waals surface area contributed by atoms with Gasteiger partial charge in [-0.3, -0.25) is 4.79 Å². The van der Waals surface area contributed by atoms with E-state index in [2.05, 4.69) is 44.7 Å². The molecule has 25 heteroatoms. The quantitative estimate of drug-likeness (QED) is 0.0446. The number of hydrogen-bond donors (Lipinski definition) is 5. The van der Waals surface area contributed by atoms with Gasteiger partial charge < -0.3 is 65.0 Å². The molecule has 10 aromatic rings. The van der Waals surface area contributed by atoms with Gasteiger partial charge in [-0.2, -0.15) is 10.2 Å². The van der Waals surface area contributed by atoms with Crippen LogP contribution in [0, 0.1) is 0 Å². The number of carbonyl (C=O) groups excluding carboxylic acids is 3. The van der Waals surface area contributed by atoms with Crippen LogP contribution in [0.15, 0.2) is 158 Å². The van der Waals surface area contributed by atoms with Gasteiger partial charge in [0.05, 0.1) is 32.9 Å². The summed E-state index contributed by atoms with van der Waals surface area (Å²) in [5.74, 6) is 4.67.